The molecule has 4 heteroatoms. The van der Waals surface area contributed by atoms with Gasteiger partial charge in [-0.05, 0) is 49.6 Å². The van der Waals surface area contributed by atoms with Gasteiger partial charge in [0, 0.05) is 24.2 Å². The van der Waals surface area contributed by atoms with Crippen molar-refractivity contribution in [1.82, 2.24) is 4.90 Å². The quantitative estimate of drug-likeness (QED) is 0.878. The predicted molar refractivity (Wildman–Crippen MR) is 68.4 cm³/mol. The molecule has 2 rings (SSSR count). The van der Waals surface area contributed by atoms with E-state index in [0.717, 1.165) is 5.56 Å². The summed E-state index contributed by atoms with van der Waals surface area (Å²) in [5.74, 6) is 0.436. The summed E-state index contributed by atoms with van der Waals surface area (Å²) in [6.45, 7) is 1.35. The maximum absolute atomic E-state index is 13.2. The maximum atomic E-state index is 13.2. The fourth-order valence-electron chi connectivity index (χ4n) is 2.32. The highest BCUT2D eigenvalue weighted by atomic mass is 35.5. The van der Waals surface area contributed by atoms with Crippen molar-refractivity contribution in [3.63, 3.8) is 0 Å². The average Bonchev–Trinajstić information content (AvgIpc) is 3.01. The highest BCUT2D eigenvalue weighted by Crippen LogP contribution is 2.35. The zero-order valence-electron chi connectivity index (χ0n) is 10.00. The van der Waals surface area contributed by atoms with Gasteiger partial charge < -0.3 is 5.73 Å². The molecule has 2 nitrogen and oxygen atoms in total. The largest absolute Gasteiger partial charge is 0.329 e. The van der Waals surface area contributed by atoms with E-state index in [-0.39, 0.29) is 5.82 Å². The number of rotatable bonds is 5. The molecule has 0 spiro atoms. The first-order valence-corrected chi connectivity index (χ1v) is 6.33. The highest BCUT2D eigenvalue weighted by Gasteiger charge is 2.32. The third kappa shape index (κ3) is 3.41. The Morgan fingerprint density at radius 1 is 1.47 bits per heavy atom. The van der Waals surface area contributed by atoms with Gasteiger partial charge in [-0.1, -0.05) is 11.6 Å². The number of halogens is 2. The lowest BCUT2D eigenvalue weighted by Crippen LogP contribution is -2.39. The lowest BCUT2D eigenvalue weighted by atomic mass is 10.1. The molecular weight excluding hydrogens is 239 g/mol. The lowest BCUT2D eigenvalue weighted by Gasteiger charge is -2.27. The molecule has 1 saturated carbocycles. The second-order valence-corrected chi connectivity index (χ2v) is 5.27. The van der Waals surface area contributed by atoms with E-state index in [1.54, 1.807) is 0 Å². The Balaban J connectivity index is 2.03. The Labute approximate surface area is 107 Å². The molecule has 1 unspecified atom stereocenters. The van der Waals surface area contributed by atoms with Gasteiger partial charge in [0.1, 0.15) is 5.82 Å². The van der Waals surface area contributed by atoms with Gasteiger partial charge in [0.25, 0.3) is 0 Å². The van der Waals surface area contributed by atoms with Crippen LogP contribution in [0.2, 0.25) is 5.02 Å². The second-order valence-electron chi connectivity index (χ2n) is 4.83. The van der Waals surface area contributed by atoms with E-state index in [1.165, 1.54) is 25.0 Å². The minimum atomic E-state index is -0.281. The molecule has 0 amide bonds. The summed E-state index contributed by atoms with van der Waals surface area (Å²) in [5.41, 5.74) is 6.69. The third-order valence-electron chi connectivity index (χ3n) is 3.33. The smallest absolute Gasteiger partial charge is 0.125 e. The van der Waals surface area contributed by atoms with Crippen LogP contribution in [0.5, 0.6) is 0 Å². The van der Waals surface area contributed by atoms with Crippen molar-refractivity contribution in [2.24, 2.45) is 11.7 Å². The lowest BCUT2D eigenvalue weighted by molar-refractivity contribution is 0.215. The first-order chi connectivity index (χ1) is 8.10. The van der Waals surface area contributed by atoms with Crippen LogP contribution in [0, 0.1) is 11.7 Å². The summed E-state index contributed by atoms with van der Waals surface area (Å²) < 4.78 is 13.2. The van der Waals surface area contributed by atoms with E-state index in [4.69, 9.17) is 17.3 Å². The third-order valence-corrected chi connectivity index (χ3v) is 3.55. The molecule has 0 saturated heterocycles. The van der Waals surface area contributed by atoms with Crippen molar-refractivity contribution in [2.75, 3.05) is 13.6 Å². The summed E-state index contributed by atoms with van der Waals surface area (Å²) in [4.78, 5) is 2.20. The first kappa shape index (κ1) is 12.8. The molecule has 0 heterocycles. The summed E-state index contributed by atoms with van der Waals surface area (Å²) in [7, 11) is 2.04. The van der Waals surface area contributed by atoms with Gasteiger partial charge in [-0.2, -0.15) is 0 Å². The molecule has 1 aromatic carbocycles. The van der Waals surface area contributed by atoms with Crippen molar-refractivity contribution in [1.29, 1.82) is 0 Å². The van der Waals surface area contributed by atoms with Crippen LogP contribution >= 0.6 is 11.6 Å². The molecule has 0 radical (unpaired) electrons. The average molecular weight is 257 g/mol. The molecule has 1 aliphatic rings. The Bertz CT molecular complexity index is 373. The Morgan fingerprint density at radius 3 is 2.71 bits per heavy atom. The standard InChI is InChI=1S/C13H18ClFN2/c1-17(13(7-16)10-2-3-10)8-9-4-11(14)6-12(15)5-9/h4-6,10,13H,2-3,7-8,16H2,1H3. The zero-order valence-corrected chi connectivity index (χ0v) is 10.8. The van der Waals surface area contributed by atoms with Crippen molar-refractivity contribution >= 4 is 11.6 Å². The van der Waals surface area contributed by atoms with Crippen LogP contribution in [-0.2, 0) is 6.54 Å². The van der Waals surface area contributed by atoms with Crippen molar-refractivity contribution < 1.29 is 4.39 Å². The molecule has 1 aliphatic carbocycles. The van der Waals surface area contributed by atoms with Crippen LogP contribution < -0.4 is 5.73 Å². The maximum Gasteiger partial charge on any atom is 0.125 e. The van der Waals surface area contributed by atoms with E-state index in [2.05, 4.69) is 4.90 Å². The van der Waals surface area contributed by atoms with Gasteiger partial charge in [-0.3, -0.25) is 4.90 Å². The molecular formula is C13H18ClFN2. The van der Waals surface area contributed by atoms with Gasteiger partial charge in [0.05, 0.1) is 0 Å². The molecule has 0 aliphatic heterocycles. The van der Waals surface area contributed by atoms with Crippen LogP contribution in [0.3, 0.4) is 0 Å². The molecule has 1 fully saturated rings. The Hall–Kier alpha value is -0.640. The summed E-state index contributed by atoms with van der Waals surface area (Å²) in [6.07, 6.45) is 2.52. The Morgan fingerprint density at radius 2 is 2.18 bits per heavy atom. The molecule has 0 bridgehead atoms. The van der Waals surface area contributed by atoms with E-state index in [1.807, 2.05) is 13.1 Å². The van der Waals surface area contributed by atoms with E-state index < -0.39 is 0 Å². The summed E-state index contributed by atoms with van der Waals surface area (Å²) in [5, 5.41) is 0.448. The minimum Gasteiger partial charge on any atom is -0.329 e. The van der Waals surface area contributed by atoms with Gasteiger partial charge >= 0.3 is 0 Å². The van der Waals surface area contributed by atoms with Gasteiger partial charge in [0.2, 0.25) is 0 Å². The molecule has 17 heavy (non-hydrogen) atoms. The van der Waals surface area contributed by atoms with Crippen LogP contribution in [-0.4, -0.2) is 24.5 Å². The monoisotopic (exact) mass is 256 g/mol. The summed E-state index contributed by atoms with van der Waals surface area (Å²) in [6, 6.07) is 5.06. The van der Waals surface area contributed by atoms with E-state index in [9.17, 15) is 4.39 Å². The van der Waals surface area contributed by atoms with E-state index >= 15 is 0 Å². The van der Waals surface area contributed by atoms with Gasteiger partial charge in [-0.15, -0.1) is 0 Å². The molecule has 1 aromatic rings. The first-order valence-electron chi connectivity index (χ1n) is 5.95. The SMILES string of the molecule is CN(Cc1cc(F)cc(Cl)c1)C(CN)C1CC1. The predicted octanol–water partition coefficient (Wildman–Crippen LogP) is 2.65. The number of nitrogens with zero attached hydrogens (tertiary/aromatic N) is 1. The topological polar surface area (TPSA) is 29.3 Å². The number of hydrogen-bond acceptors (Lipinski definition) is 2. The van der Waals surface area contributed by atoms with Crippen LogP contribution in [0.4, 0.5) is 4.39 Å². The molecule has 0 aromatic heterocycles. The van der Waals surface area contributed by atoms with E-state index in [0.29, 0.717) is 30.1 Å². The number of hydrogen-bond donors (Lipinski definition) is 1. The number of benzene rings is 1. The number of likely N-dealkylation sites (N-methyl/N-ethyl adjacent to an activating group) is 1. The fourth-order valence-corrected chi connectivity index (χ4v) is 2.57. The second kappa shape index (κ2) is 5.34. The van der Waals surface area contributed by atoms with Crippen molar-refractivity contribution in [2.45, 2.75) is 25.4 Å². The molecule has 94 valence electrons. The normalized spacial score (nSPS) is 17.5. The van der Waals surface area contributed by atoms with Gasteiger partial charge in [-0.25, -0.2) is 4.39 Å². The highest BCUT2D eigenvalue weighted by molar-refractivity contribution is 6.30. The number of nitrogens with two attached hydrogens (primary N) is 1. The summed E-state index contributed by atoms with van der Waals surface area (Å²) >= 11 is 5.84. The van der Waals surface area contributed by atoms with Crippen molar-refractivity contribution in [3.05, 3.63) is 34.6 Å². The van der Waals surface area contributed by atoms with Gasteiger partial charge in [0.15, 0.2) is 0 Å². The minimum absolute atomic E-state index is 0.281. The van der Waals surface area contributed by atoms with Crippen LogP contribution in [0.1, 0.15) is 18.4 Å². The molecule has 1 atom stereocenters. The zero-order chi connectivity index (χ0) is 12.4. The molecule has 2 N–H and O–H groups in total. The Kier molecular flexibility index (Phi) is 4.02. The van der Waals surface area contributed by atoms with Crippen LogP contribution in [0.25, 0.3) is 0 Å². The fraction of sp³-hybridized carbons (Fsp3) is 0.538. The van der Waals surface area contributed by atoms with Crippen molar-refractivity contribution in [3.8, 4) is 0 Å². The van der Waals surface area contributed by atoms with Crippen LogP contribution in [0.15, 0.2) is 18.2 Å².